The molecule has 1 aromatic carbocycles. The maximum absolute atomic E-state index is 13.9. The average molecular weight is 448 g/mol. The van der Waals surface area contributed by atoms with Crippen molar-refractivity contribution >= 4 is 45.6 Å². The standard InChI is InChI=1S/C23H22FN7O2/c24-13-4-1-5-14(7-13)31-17(33)8-15-18-16(9-25)22(30-6-2-3-12(10-30)11-32)28-20(26)19(18)21(27)29-23(15)31/h1,4-5,7,12,32H,2-3,6,8,10-11H2,(H2,26,28)(H2,27,29)/p+1/t12-/m1/s1. The van der Waals surface area contributed by atoms with Crippen LogP contribution in [-0.4, -0.2) is 35.7 Å². The summed E-state index contributed by atoms with van der Waals surface area (Å²) in [6.07, 6.45) is 1.75. The van der Waals surface area contributed by atoms with Gasteiger partial charge in [-0.3, -0.25) is 14.6 Å². The number of hydrogen-bond donors (Lipinski definition) is 3. The van der Waals surface area contributed by atoms with Crippen LogP contribution in [0.5, 0.6) is 0 Å². The van der Waals surface area contributed by atoms with Gasteiger partial charge in [-0.25, -0.2) is 14.4 Å². The summed E-state index contributed by atoms with van der Waals surface area (Å²) >= 11 is 0. The number of aliphatic hydroxyl groups excluding tert-OH is 1. The van der Waals surface area contributed by atoms with Crippen molar-refractivity contribution in [3.8, 4) is 6.07 Å². The number of nitriles is 1. The molecule has 9 nitrogen and oxygen atoms in total. The summed E-state index contributed by atoms with van der Waals surface area (Å²) in [6.45, 7) is 1.33. The smallest absolute Gasteiger partial charge is 0.240 e. The predicted octanol–water partition coefficient (Wildman–Crippen LogP) is 1.65. The van der Waals surface area contributed by atoms with Gasteiger partial charge in [-0.2, -0.15) is 5.26 Å². The van der Waals surface area contributed by atoms with E-state index in [4.69, 9.17) is 11.5 Å². The zero-order valence-corrected chi connectivity index (χ0v) is 17.8. The molecule has 0 bridgehead atoms. The first-order valence-electron chi connectivity index (χ1n) is 10.7. The molecular formula is C23H23FN7O2+. The van der Waals surface area contributed by atoms with E-state index < -0.39 is 5.82 Å². The summed E-state index contributed by atoms with van der Waals surface area (Å²) in [6, 6.07) is 7.94. The van der Waals surface area contributed by atoms with Gasteiger partial charge >= 0.3 is 0 Å². The molecule has 0 saturated carbocycles. The number of aromatic nitrogens is 2. The zero-order chi connectivity index (χ0) is 23.3. The number of pyridine rings is 2. The molecule has 2 aliphatic heterocycles. The lowest BCUT2D eigenvalue weighted by Crippen LogP contribution is -2.40. The Morgan fingerprint density at radius 1 is 1.33 bits per heavy atom. The van der Waals surface area contributed by atoms with E-state index >= 15 is 0 Å². The first kappa shape index (κ1) is 20.9. The number of aromatic amines is 1. The molecule has 6 N–H and O–H groups in total. The summed E-state index contributed by atoms with van der Waals surface area (Å²) in [5, 5.41) is 20.7. The summed E-state index contributed by atoms with van der Waals surface area (Å²) < 4.78 is 13.9. The fourth-order valence-corrected chi connectivity index (χ4v) is 4.89. The van der Waals surface area contributed by atoms with Crippen LogP contribution in [0.4, 0.5) is 33.3 Å². The summed E-state index contributed by atoms with van der Waals surface area (Å²) in [5.74, 6) is 0.433. The number of hydrogen-bond acceptors (Lipinski definition) is 7. The number of nitrogens with one attached hydrogen (secondary N) is 1. The minimum absolute atomic E-state index is 0.0214. The maximum Gasteiger partial charge on any atom is 0.240 e. The van der Waals surface area contributed by atoms with E-state index in [1.807, 2.05) is 4.90 Å². The molecule has 1 fully saturated rings. The van der Waals surface area contributed by atoms with Gasteiger partial charge in [0.25, 0.3) is 0 Å². The second kappa shape index (κ2) is 7.86. The van der Waals surface area contributed by atoms with Crippen LogP contribution >= 0.6 is 0 Å². The van der Waals surface area contributed by atoms with Crippen molar-refractivity contribution in [2.75, 3.05) is 41.0 Å². The molecule has 168 valence electrons. The zero-order valence-electron chi connectivity index (χ0n) is 17.8. The van der Waals surface area contributed by atoms with Gasteiger partial charge in [0.15, 0.2) is 0 Å². The second-order valence-corrected chi connectivity index (χ2v) is 8.45. The van der Waals surface area contributed by atoms with Crippen molar-refractivity contribution in [2.45, 2.75) is 19.3 Å². The maximum atomic E-state index is 13.9. The van der Waals surface area contributed by atoms with E-state index in [1.165, 1.54) is 23.1 Å². The van der Waals surface area contributed by atoms with Crippen LogP contribution in [0.2, 0.25) is 0 Å². The number of amides is 1. The van der Waals surface area contributed by atoms with Crippen LogP contribution in [0.1, 0.15) is 24.0 Å². The lowest BCUT2D eigenvalue weighted by Gasteiger charge is -2.29. The molecule has 0 unspecified atom stereocenters. The van der Waals surface area contributed by atoms with E-state index in [2.05, 4.69) is 16.0 Å². The number of nitrogens with zero attached hydrogens (tertiary/aromatic N) is 4. The highest BCUT2D eigenvalue weighted by atomic mass is 19.1. The number of nitrogens with two attached hydrogens (primary N) is 2. The highest BCUT2D eigenvalue weighted by Gasteiger charge is 2.37. The highest BCUT2D eigenvalue weighted by Crippen LogP contribution is 2.43. The largest absolute Gasteiger partial charge is 0.396 e. The summed E-state index contributed by atoms with van der Waals surface area (Å²) in [7, 11) is 0. The van der Waals surface area contributed by atoms with Crippen molar-refractivity contribution in [1.82, 2.24) is 4.98 Å². The predicted molar refractivity (Wildman–Crippen MR) is 121 cm³/mol. The number of aliphatic hydroxyl groups is 1. The third kappa shape index (κ3) is 3.29. The molecule has 3 aromatic rings. The molecule has 1 amide bonds. The van der Waals surface area contributed by atoms with Crippen LogP contribution in [0.15, 0.2) is 24.3 Å². The number of benzene rings is 1. The van der Waals surface area contributed by atoms with E-state index in [0.29, 0.717) is 46.5 Å². The van der Waals surface area contributed by atoms with Gasteiger partial charge < -0.3 is 16.6 Å². The van der Waals surface area contributed by atoms with E-state index in [1.54, 1.807) is 6.07 Å². The van der Waals surface area contributed by atoms with Crippen LogP contribution in [0, 0.1) is 23.1 Å². The van der Waals surface area contributed by atoms with Crippen molar-refractivity contribution in [1.29, 1.82) is 5.26 Å². The van der Waals surface area contributed by atoms with Crippen LogP contribution in [-0.2, 0) is 11.2 Å². The van der Waals surface area contributed by atoms with Crippen molar-refractivity contribution in [3.63, 3.8) is 0 Å². The molecule has 0 radical (unpaired) electrons. The van der Waals surface area contributed by atoms with Crippen molar-refractivity contribution < 1.29 is 19.3 Å². The number of nitrogen functional groups attached to an aromatic ring is 2. The molecule has 33 heavy (non-hydrogen) atoms. The van der Waals surface area contributed by atoms with Crippen LogP contribution in [0.3, 0.4) is 0 Å². The Hall–Kier alpha value is -3.97. The number of rotatable bonds is 3. The van der Waals surface area contributed by atoms with Crippen molar-refractivity contribution in [2.24, 2.45) is 5.92 Å². The molecular weight excluding hydrogens is 425 g/mol. The monoisotopic (exact) mass is 448 g/mol. The third-order valence-electron chi connectivity index (χ3n) is 6.37. The normalized spacial score (nSPS) is 18.0. The van der Waals surface area contributed by atoms with Gasteiger partial charge in [0.1, 0.15) is 29.1 Å². The topological polar surface area (TPSA) is 147 Å². The lowest BCUT2D eigenvalue weighted by atomic mass is 9.96. The van der Waals surface area contributed by atoms with Crippen molar-refractivity contribution in [3.05, 3.63) is 41.2 Å². The number of carbonyl (C=O) groups is 1. The fraction of sp³-hybridized carbons (Fsp3) is 0.304. The highest BCUT2D eigenvalue weighted by molar-refractivity contribution is 6.15. The van der Waals surface area contributed by atoms with Gasteiger partial charge in [0.05, 0.1) is 30.6 Å². The Bertz CT molecular complexity index is 1340. The number of halogens is 1. The number of fused-ring (bicyclic) bond motifs is 3. The minimum Gasteiger partial charge on any atom is -0.396 e. The van der Waals surface area contributed by atoms with E-state index in [0.717, 1.165) is 12.8 Å². The molecule has 1 atom stereocenters. The first-order chi connectivity index (χ1) is 15.9. The minimum atomic E-state index is -0.482. The lowest BCUT2D eigenvalue weighted by molar-refractivity contribution is -0.345. The Kier molecular flexibility index (Phi) is 4.98. The molecule has 10 heteroatoms. The Labute approximate surface area is 189 Å². The summed E-state index contributed by atoms with van der Waals surface area (Å²) in [4.78, 5) is 23.9. The number of anilines is 5. The van der Waals surface area contributed by atoms with Gasteiger partial charge in [-0.15, -0.1) is 0 Å². The number of piperidine rings is 1. The molecule has 4 heterocycles. The summed E-state index contributed by atoms with van der Waals surface area (Å²) in [5.41, 5.74) is 13.8. The third-order valence-corrected chi connectivity index (χ3v) is 6.37. The first-order valence-corrected chi connectivity index (χ1v) is 10.7. The number of H-pyrrole nitrogens is 1. The Morgan fingerprint density at radius 2 is 2.15 bits per heavy atom. The SMILES string of the molecule is N#Cc1c(N2CCC[C@@H](CO)C2)[nH+]c(N)c2c(N)nc3c(c12)CC(=O)N3c1cccc(F)c1. The van der Waals surface area contributed by atoms with Gasteiger partial charge in [-0.05, 0) is 31.0 Å². The van der Waals surface area contributed by atoms with Gasteiger partial charge in [0.2, 0.25) is 17.5 Å². The fourth-order valence-electron chi connectivity index (χ4n) is 4.89. The second-order valence-electron chi connectivity index (χ2n) is 8.45. The molecule has 0 spiro atoms. The van der Waals surface area contributed by atoms with Crippen LogP contribution < -0.4 is 26.3 Å². The molecule has 2 aromatic heterocycles. The molecule has 2 aliphatic rings. The average Bonchev–Trinajstić information content (AvgIpc) is 3.14. The molecule has 5 rings (SSSR count). The van der Waals surface area contributed by atoms with E-state index in [9.17, 15) is 19.6 Å². The van der Waals surface area contributed by atoms with E-state index in [-0.39, 0.29) is 42.3 Å². The quantitative estimate of drug-likeness (QED) is 0.552. The van der Waals surface area contributed by atoms with Crippen LogP contribution in [0.25, 0.3) is 10.8 Å². The Morgan fingerprint density at radius 3 is 2.88 bits per heavy atom. The Balaban J connectivity index is 1.75. The molecule has 0 aliphatic carbocycles. The van der Waals surface area contributed by atoms with Gasteiger partial charge in [-0.1, -0.05) is 6.07 Å². The number of carbonyl (C=O) groups excluding carboxylic acids is 1. The molecule has 1 saturated heterocycles. The van der Waals surface area contributed by atoms with Gasteiger partial charge in [0, 0.05) is 23.5 Å².